The first-order chi connectivity index (χ1) is 16.0. The van der Waals surface area contributed by atoms with Gasteiger partial charge in [0.2, 0.25) is 11.8 Å². The van der Waals surface area contributed by atoms with Gasteiger partial charge < -0.3 is 20.7 Å². The van der Waals surface area contributed by atoms with Gasteiger partial charge in [-0.1, -0.05) is 43.2 Å². The van der Waals surface area contributed by atoms with Crippen molar-refractivity contribution in [3.63, 3.8) is 0 Å². The van der Waals surface area contributed by atoms with Crippen LogP contribution in [0.2, 0.25) is 0 Å². The van der Waals surface area contributed by atoms with Crippen molar-refractivity contribution in [2.45, 2.75) is 70.4 Å². The number of nitrogens with zero attached hydrogens (tertiary/aromatic N) is 1. The highest BCUT2D eigenvalue weighted by Gasteiger charge is 2.42. The largest absolute Gasteiger partial charge is 0.466 e. The molecular formula is C26H37N3O4. The first kappa shape index (κ1) is 24.8. The van der Waals surface area contributed by atoms with Gasteiger partial charge in [0, 0.05) is 12.2 Å². The zero-order valence-corrected chi connectivity index (χ0v) is 19.6. The number of allylic oxidation sites excluding steroid dienone is 2. The van der Waals surface area contributed by atoms with Crippen molar-refractivity contribution in [3.8, 4) is 0 Å². The Morgan fingerprint density at radius 3 is 2.73 bits per heavy atom. The number of carbonyl (C=O) groups is 3. The summed E-state index contributed by atoms with van der Waals surface area (Å²) in [6.45, 7) is 2.85. The second-order valence-electron chi connectivity index (χ2n) is 8.98. The number of carbonyl (C=O) groups excluding carboxylic acids is 3. The fraction of sp³-hybridized carbons (Fsp3) is 0.577. The first-order valence-electron chi connectivity index (χ1n) is 12.3. The summed E-state index contributed by atoms with van der Waals surface area (Å²) in [5.41, 5.74) is 6.42. The average molecular weight is 456 g/mol. The van der Waals surface area contributed by atoms with Gasteiger partial charge in [0.25, 0.3) is 0 Å². The molecule has 1 aromatic rings. The van der Waals surface area contributed by atoms with Gasteiger partial charge in [-0.05, 0) is 63.5 Å². The van der Waals surface area contributed by atoms with Crippen LogP contribution in [0.3, 0.4) is 0 Å². The molecule has 0 radical (unpaired) electrons. The molecule has 0 unspecified atom stereocenters. The molecule has 1 heterocycles. The molecule has 180 valence electrons. The normalized spacial score (nSPS) is 22.8. The van der Waals surface area contributed by atoms with Crippen molar-refractivity contribution in [2.24, 2.45) is 17.6 Å². The van der Waals surface area contributed by atoms with E-state index < -0.39 is 11.9 Å². The van der Waals surface area contributed by atoms with Crippen LogP contribution in [-0.2, 0) is 19.1 Å². The minimum atomic E-state index is -0.497. The quantitative estimate of drug-likeness (QED) is 0.269. The molecule has 0 spiro atoms. The molecule has 0 aromatic heterocycles. The van der Waals surface area contributed by atoms with Crippen molar-refractivity contribution in [3.05, 3.63) is 42.5 Å². The number of para-hydroxylation sites is 1. The highest BCUT2D eigenvalue weighted by Crippen LogP contribution is 2.40. The monoisotopic (exact) mass is 455 g/mol. The summed E-state index contributed by atoms with van der Waals surface area (Å²) in [6, 6.07) is 8.83. The lowest BCUT2D eigenvalue weighted by atomic mass is 10.0. The fourth-order valence-corrected chi connectivity index (χ4v) is 4.53. The van der Waals surface area contributed by atoms with Crippen LogP contribution in [0.15, 0.2) is 42.5 Å². The van der Waals surface area contributed by atoms with Crippen LogP contribution >= 0.6 is 0 Å². The zero-order valence-electron chi connectivity index (χ0n) is 19.6. The number of ether oxygens (including phenoxy) is 1. The summed E-state index contributed by atoms with van der Waals surface area (Å²) in [6.07, 6.45) is 11.3. The van der Waals surface area contributed by atoms with Gasteiger partial charge in [-0.3, -0.25) is 14.4 Å². The Balaban J connectivity index is 1.44. The molecule has 2 aliphatic rings. The Morgan fingerprint density at radius 2 is 2.00 bits per heavy atom. The number of unbranched alkanes of at least 4 members (excludes halogenated alkanes) is 3. The third kappa shape index (κ3) is 7.34. The van der Waals surface area contributed by atoms with E-state index in [1.54, 1.807) is 4.90 Å². The highest BCUT2D eigenvalue weighted by molar-refractivity contribution is 5.91. The van der Waals surface area contributed by atoms with E-state index in [4.69, 9.17) is 10.5 Å². The van der Waals surface area contributed by atoms with Gasteiger partial charge in [0.1, 0.15) is 12.1 Å². The molecule has 0 bridgehead atoms. The number of hydrogen-bond donors (Lipinski definition) is 2. The zero-order chi connectivity index (χ0) is 23.6. The Labute approximate surface area is 196 Å². The molecule has 33 heavy (non-hydrogen) atoms. The minimum absolute atomic E-state index is 0.0428. The van der Waals surface area contributed by atoms with Crippen LogP contribution in [-0.4, -0.2) is 47.9 Å². The second-order valence-corrected chi connectivity index (χ2v) is 8.98. The van der Waals surface area contributed by atoms with E-state index in [1.807, 2.05) is 37.3 Å². The summed E-state index contributed by atoms with van der Waals surface area (Å²) < 4.78 is 5.06. The van der Waals surface area contributed by atoms with Crippen LogP contribution in [0.4, 0.5) is 5.69 Å². The van der Waals surface area contributed by atoms with E-state index in [0.717, 1.165) is 44.2 Å². The van der Waals surface area contributed by atoms with E-state index in [1.165, 1.54) is 0 Å². The van der Waals surface area contributed by atoms with E-state index >= 15 is 0 Å². The van der Waals surface area contributed by atoms with Crippen LogP contribution in [0.25, 0.3) is 0 Å². The van der Waals surface area contributed by atoms with Crippen LogP contribution in [0, 0.1) is 11.8 Å². The lowest BCUT2D eigenvalue weighted by Crippen LogP contribution is -2.49. The third-order valence-electron chi connectivity index (χ3n) is 6.45. The number of rotatable bonds is 13. The molecule has 2 fully saturated rings. The van der Waals surface area contributed by atoms with Gasteiger partial charge in [-0.15, -0.1) is 0 Å². The lowest BCUT2D eigenvalue weighted by Gasteiger charge is -2.28. The SMILES string of the molecule is CCOC(=O)[C@H]1C[C@H]1/C=C\CCCCC[C@H](Nc1ccccc1)C(=O)N1CCC[C@H]1C(N)=O. The average Bonchev–Trinajstić information content (AvgIpc) is 3.41. The minimum Gasteiger partial charge on any atom is -0.466 e. The molecule has 7 nitrogen and oxygen atoms in total. The topological polar surface area (TPSA) is 102 Å². The van der Waals surface area contributed by atoms with Gasteiger partial charge in [0.15, 0.2) is 0 Å². The highest BCUT2D eigenvalue weighted by atomic mass is 16.5. The van der Waals surface area contributed by atoms with E-state index in [2.05, 4.69) is 17.5 Å². The predicted octanol–water partition coefficient (Wildman–Crippen LogP) is 3.65. The van der Waals surface area contributed by atoms with Crippen molar-refractivity contribution < 1.29 is 19.1 Å². The standard InChI is InChI=1S/C26H37N3O4/c1-2-33-26(32)21-18-19(21)12-7-4-3-5-10-15-22(28-20-13-8-6-9-14-20)25(31)29-17-11-16-23(29)24(27)30/h6-9,12-14,19,21-23,28H,2-5,10-11,15-18H2,1H3,(H2,27,30)/b12-7-/t19-,21+,22+,23+/m1/s1. The number of nitrogens with one attached hydrogen (secondary N) is 1. The van der Waals surface area contributed by atoms with E-state index in [0.29, 0.717) is 31.9 Å². The first-order valence-corrected chi connectivity index (χ1v) is 12.3. The van der Waals surface area contributed by atoms with Crippen molar-refractivity contribution in [2.75, 3.05) is 18.5 Å². The maximum atomic E-state index is 13.3. The summed E-state index contributed by atoms with van der Waals surface area (Å²) in [7, 11) is 0. The lowest BCUT2D eigenvalue weighted by molar-refractivity contribution is -0.144. The summed E-state index contributed by atoms with van der Waals surface area (Å²) in [5.74, 6) is -0.164. The summed E-state index contributed by atoms with van der Waals surface area (Å²) in [5, 5.41) is 3.37. The Hall–Kier alpha value is -2.83. The van der Waals surface area contributed by atoms with Gasteiger partial charge >= 0.3 is 5.97 Å². The Morgan fingerprint density at radius 1 is 1.21 bits per heavy atom. The third-order valence-corrected chi connectivity index (χ3v) is 6.45. The van der Waals surface area contributed by atoms with Crippen molar-refractivity contribution in [1.29, 1.82) is 0 Å². The van der Waals surface area contributed by atoms with Crippen molar-refractivity contribution >= 4 is 23.5 Å². The Kier molecular flexibility index (Phi) is 9.34. The van der Waals surface area contributed by atoms with E-state index in [9.17, 15) is 14.4 Å². The molecule has 1 aliphatic carbocycles. The number of anilines is 1. The summed E-state index contributed by atoms with van der Waals surface area (Å²) in [4.78, 5) is 38.4. The van der Waals surface area contributed by atoms with Gasteiger partial charge in [-0.2, -0.15) is 0 Å². The van der Waals surface area contributed by atoms with Gasteiger partial charge in [-0.25, -0.2) is 0 Å². The molecule has 1 aromatic carbocycles. The number of hydrogen-bond acceptors (Lipinski definition) is 5. The molecule has 3 rings (SSSR count). The number of esters is 1. The molecule has 7 heteroatoms. The molecule has 1 saturated heterocycles. The molecule has 1 saturated carbocycles. The van der Waals surface area contributed by atoms with Gasteiger partial charge in [0.05, 0.1) is 12.5 Å². The second kappa shape index (κ2) is 12.4. The van der Waals surface area contributed by atoms with Crippen LogP contribution < -0.4 is 11.1 Å². The molecular weight excluding hydrogens is 418 g/mol. The number of nitrogens with two attached hydrogens (primary N) is 1. The smallest absolute Gasteiger partial charge is 0.309 e. The number of primary amides is 1. The maximum Gasteiger partial charge on any atom is 0.309 e. The predicted molar refractivity (Wildman–Crippen MR) is 128 cm³/mol. The van der Waals surface area contributed by atoms with Crippen LogP contribution in [0.1, 0.15) is 58.3 Å². The molecule has 1 aliphatic heterocycles. The fourth-order valence-electron chi connectivity index (χ4n) is 4.53. The number of benzene rings is 1. The molecule has 4 atom stereocenters. The number of likely N-dealkylation sites (tertiary alicyclic amines) is 1. The summed E-state index contributed by atoms with van der Waals surface area (Å²) >= 11 is 0. The number of amides is 2. The maximum absolute atomic E-state index is 13.3. The Bertz CT molecular complexity index is 826. The van der Waals surface area contributed by atoms with E-state index in [-0.39, 0.29) is 23.8 Å². The van der Waals surface area contributed by atoms with Crippen molar-refractivity contribution in [1.82, 2.24) is 4.90 Å². The van der Waals surface area contributed by atoms with Crippen LogP contribution in [0.5, 0.6) is 0 Å². The molecule has 3 N–H and O–H groups in total. The molecule has 2 amide bonds.